The van der Waals surface area contributed by atoms with Crippen LogP contribution in [-0.4, -0.2) is 20.5 Å². The summed E-state index contributed by atoms with van der Waals surface area (Å²) >= 11 is 6.16. The number of aromatic carboxylic acids is 1. The first kappa shape index (κ1) is 12.5. The minimum atomic E-state index is -1.09. The molecule has 0 spiro atoms. The number of carboxylic acid groups (broad SMARTS) is 1. The molecule has 0 saturated carbocycles. The van der Waals surface area contributed by atoms with E-state index < -0.39 is 5.97 Å². The Balaban J connectivity index is 2.39. The van der Waals surface area contributed by atoms with Gasteiger partial charge >= 0.3 is 5.97 Å². The van der Waals surface area contributed by atoms with Gasteiger partial charge in [0.2, 0.25) is 0 Å². The molecule has 0 bridgehead atoms. The fourth-order valence-electron chi connectivity index (χ4n) is 2.09. The fourth-order valence-corrected chi connectivity index (χ4v) is 2.31. The summed E-state index contributed by atoms with van der Waals surface area (Å²) in [6.45, 7) is 0. The second kappa shape index (κ2) is 4.54. The number of rotatable bonds is 2. The van der Waals surface area contributed by atoms with Crippen molar-refractivity contribution in [3.05, 3.63) is 53.3 Å². The Morgan fingerprint density at radius 2 is 2.00 bits per heavy atom. The molecule has 0 aliphatic rings. The van der Waals surface area contributed by atoms with Crippen LogP contribution in [0.3, 0.4) is 0 Å². The summed E-state index contributed by atoms with van der Waals surface area (Å²) in [7, 11) is 0. The van der Waals surface area contributed by atoms with Crippen molar-refractivity contribution in [1.82, 2.24) is 9.38 Å². The van der Waals surface area contributed by atoms with Crippen molar-refractivity contribution < 1.29 is 9.90 Å². The van der Waals surface area contributed by atoms with E-state index in [2.05, 4.69) is 4.98 Å². The highest BCUT2D eigenvalue weighted by Gasteiger charge is 2.18. The molecule has 0 atom stereocenters. The number of nitrogens with zero attached hydrogens (tertiary/aromatic N) is 2. The molecule has 20 heavy (non-hydrogen) atoms. The molecular weight excluding hydrogens is 278 g/mol. The number of aromatic nitrogens is 2. The van der Waals surface area contributed by atoms with E-state index in [-0.39, 0.29) is 5.69 Å². The molecule has 0 unspecified atom stereocenters. The van der Waals surface area contributed by atoms with Gasteiger partial charge in [-0.3, -0.25) is 4.40 Å². The summed E-state index contributed by atoms with van der Waals surface area (Å²) in [6, 6.07) is 10.4. The summed E-state index contributed by atoms with van der Waals surface area (Å²) in [5.74, 6) is -0.638. The van der Waals surface area contributed by atoms with Gasteiger partial charge in [0.15, 0.2) is 5.69 Å². The van der Waals surface area contributed by atoms with E-state index in [4.69, 9.17) is 17.3 Å². The quantitative estimate of drug-likeness (QED) is 0.759. The van der Waals surface area contributed by atoms with Gasteiger partial charge in [-0.1, -0.05) is 23.7 Å². The largest absolute Gasteiger partial charge is 0.476 e. The molecule has 3 N–H and O–H groups in total. The second-order valence-corrected chi connectivity index (χ2v) is 4.69. The zero-order valence-electron chi connectivity index (χ0n) is 10.2. The minimum absolute atomic E-state index is 0.0279. The first-order valence-corrected chi connectivity index (χ1v) is 6.21. The zero-order valence-corrected chi connectivity index (χ0v) is 11.0. The maximum absolute atomic E-state index is 11.3. The molecule has 1 aromatic carbocycles. The number of nitrogens with two attached hydrogens (primary N) is 1. The molecule has 0 aliphatic carbocycles. The Morgan fingerprint density at radius 1 is 1.25 bits per heavy atom. The fraction of sp³-hybridized carbons (Fsp3) is 0. The number of anilines is 1. The molecule has 100 valence electrons. The average molecular weight is 288 g/mol. The van der Waals surface area contributed by atoms with Crippen molar-refractivity contribution >= 4 is 28.8 Å². The lowest BCUT2D eigenvalue weighted by molar-refractivity contribution is 0.0693. The number of carboxylic acids is 1. The van der Waals surface area contributed by atoms with Gasteiger partial charge in [0.1, 0.15) is 5.82 Å². The number of hydrogen-bond donors (Lipinski definition) is 2. The van der Waals surface area contributed by atoms with Crippen molar-refractivity contribution in [1.29, 1.82) is 0 Å². The van der Waals surface area contributed by atoms with E-state index >= 15 is 0 Å². The summed E-state index contributed by atoms with van der Waals surface area (Å²) in [5, 5.41) is 9.74. The maximum atomic E-state index is 11.3. The lowest BCUT2D eigenvalue weighted by atomic mass is 10.2. The third-order valence-electron chi connectivity index (χ3n) is 2.98. The molecule has 5 nitrogen and oxygen atoms in total. The van der Waals surface area contributed by atoms with Gasteiger partial charge in [-0.15, -0.1) is 0 Å². The molecule has 0 saturated heterocycles. The number of benzene rings is 1. The Hall–Kier alpha value is -2.53. The molecule has 0 radical (unpaired) electrons. The van der Waals surface area contributed by atoms with Crippen LogP contribution in [0.25, 0.3) is 16.9 Å². The van der Waals surface area contributed by atoms with Crippen molar-refractivity contribution in [2.24, 2.45) is 0 Å². The topological polar surface area (TPSA) is 80.6 Å². The van der Waals surface area contributed by atoms with Crippen LogP contribution in [0.5, 0.6) is 0 Å². The highest BCUT2D eigenvalue weighted by Crippen LogP contribution is 2.29. The van der Waals surface area contributed by atoms with Gasteiger partial charge in [0.05, 0.1) is 10.5 Å². The highest BCUT2D eigenvalue weighted by atomic mass is 35.5. The summed E-state index contributed by atoms with van der Waals surface area (Å²) in [4.78, 5) is 15.5. The number of hydrogen-bond acceptors (Lipinski definition) is 3. The Kier molecular flexibility index (Phi) is 2.84. The number of nitrogen functional groups attached to an aromatic ring is 1. The van der Waals surface area contributed by atoms with Crippen LogP contribution in [0, 0.1) is 0 Å². The number of imidazole rings is 1. The molecule has 2 heterocycles. The van der Waals surface area contributed by atoms with Crippen LogP contribution >= 0.6 is 11.6 Å². The van der Waals surface area contributed by atoms with E-state index in [0.717, 1.165) is 0 Å². The van der Waals surface area contributed by atoms with Crippen LogP contribution in [0.1, 0.15) is 10.5 Å². The summed E-state index contributed by atoms with van der Waals surface area (Å²) < 4.78 is 1.64. The molecule has 3 rings (SSSR count). The summed E-state index contributed by atoms with van der Waals surface area (Å²) in [5.41, 5.74) is 7.38. The zero-order chi connectivity index (χ0) is 14.3. The van der Waals surface area contributed by atoms with Crippen LogP contribution in [-0.2, 0) is 0 Å². The molecular formula is C14H10ClN3O2. The van der Waals surface area contributed by atoms with E-state index in [1.807, 2.05) is 6.07 Å². The Bertz CT molecular complexity index is 826. The third-order valence-corrected chi connectivity index (χ3v) is 3.31. The summed E-state index contributed by atoms with van der Waals surface area (Å²) in [6.07, 6.45) is 1.63. The van der Waals surface area contributed by atoms with Gasteiger partial charge in [0.25, 0.3) is 0 Å². The van der Waals surface area contributed by atoms with Crippen LogP contribution in [0.4, 0.5) is 5.69 Å². The molecule has 3 aromatic rings. The standard InChI is InChI=1S/C14H10ClN3O2/c15-10-4-2-1-3-9(10)13-17-12(14(19)20)11-6-5-8(16)7-18(11)13/h1-7H,16H2,(H,19,20). The number of pyridine rings is 1. The normalized spacial score (nSPS) is 10.8. The minimum Gasteiger partial charge on any atom is -0.476 e. The molecule has 0 fully saturated rings. The van der Waals surface area contributed by atoms with Crippen molar-refractivity contribution in [2.45, 2.75) is 0 Å². The first-order valence-electron chi connectivity index (χ1n) is 5.83. The smallest absolute Gasteiger partial charge is 0.356 e. The van der Waals surface area contributed by atoms with Gasteiger partial charge in [-0.2, -0.15) is 0 Å². The van der Waals surface area contributed by atoms with E-state index in [1.54, 1.807) is 40.9 Å². The molecule has 6 heteroatoms. The molecule has 0 amide bonds. The van der Waals surface area contributed by atoms with Crippen molar-refractivity contribution in [3.8, 4) is 11.4 Å². The third kappa shape index (κ3) is 1.88. The number of halogens is 1. The number of carbonyl (C=O) groups is 1. The van der Waals surface area contributed by atoms with Crippen LogP contribution < -0.4 is 5.73 Å². The van der Waals surface area contributed by atoms with Crippen LogP contribution in [0.2, 0.25) is 5.02 Å². The lowest BCUT2D eigenvalue weighted by Crippen LogP contribution is -1.97. The number of fused-ring (bicyclic) bond motifs is 1. The van der Waals surface area contributed by atoms with Gasteiger partial charge in [-0.05, 0) is 24.3 Å². The van der Waals surface area contributed by atoms with E-state index in [1.165, 1.54) is 0 Å². The van der Waals surface area contributed by atoms with E-state index in [9.17, 15) is 9.90 Å². The van der Waals surface area contributed by atoms with Crippen molar-refractivity contribution in [3.63, 3.8) is 0 Å². The monoisotopic (exact) mass is 287 g/mol. The van der Waals surface area contributed by atoms with Gasteiger partial charge in [-0.25, -0.2) is 9.78 Å². The van der Waals surface area contributed by atoms with Gasteiger partial charge in [0, 0.05) is 17.4 Å². The van der Waals surface area contributed by atoms with E-state index in [0.29, 0.717) is 27.6 Å². The predicted molar refractivity (Wildman–Crippen MR) is 77.0 cm³/mol. The van der Waals surface area contributed by atoms with Crippen LogP contribution in [0.15, 0.2) is 42.6 Å². The van der Waals surface area contributed by atoms with Gasteiger partial charge < -0.3 is 10.8 Å². The lowest BCUT2D eigenvalue weighted by Gasteiger charge is -2.04. The molecule has 0 aliphatic heterocycles. The second-order valence-electron chi connectivity index (χ2n) is 4.29. The maximum Gasteiger partial charge on any atom is 0.356 e. The highest BCUT2D eigenvalue weighted by molar-refractivity contribution is 6.33. The average Bonchev–Trinajstić information content (AvgIpc) is 2.78. The SMILES string of the molecule is Nc1ccc2c(C(=O)O)nc(-c3ccccc3Cl)n2c1. The predicted octanol–water partition coefficient (Wildman–Crippen LogP) is 2.94. The molecule has 2 aromatic heterocycles. The first-order chi connectivity index (χ1) is 9.58. The Morgan fingerprint density at radius 3 is 2.70 bits per heavy atom. The van der Waals surface area contributed by atoms with Crippen molar-refractivity contribution in [2.75, 3.05) is 5.73 Å². The Labute approximate surface area is 119 Å².